The van der Waals surface area contributed by atoms with Crippen LogP contribution in [-0.4, -0.2) is 9.55 Å². The molecule has 0 radical (unpaired) electrons. The number of aromatic nitrogens is 2. The summed E-state index contributed by atoms with van der Waals surface area (Å²) in [5.41, 5.74) is 3.47. The molecule has 2 nitrogen and oxygen atoms in total. The maximum atomic E-state index is 5.49. The van der Waals surface area contributed by atoms with E-state index in [4.69, 9.17) is 12.2 Å². The first-order valence-electron chi connectivity index (χ1n) is 6.21. The lowest BCUT2D eigenvalue weighted by Gasteiger charge is -2.15. The molecular weight excluding hydrogens is 447 g/mol. The largest absolute Gasteiger partial charge is 0.331 e. The highest BCUT2D eigenvalue weighted by Gasteiger charge is 2.13. The monoisotopic (exact) mass is 458 g/mol. The van der Waals surface area contributed by atoms with Crippen molar-refractivity contribution in [3.8, 4) is 0 Å². The Morgan fingerprint density at radius 2 is 1.90 bits per heavy atom. The Kier molecular flexibility index (Phi) is 4.01. The first-order valence-corrected chi connectivity index (χ1v) is 8.49. The number of nitrogens with zero attached hydrogens (tertiary/aromatic N) is 1. The molecule has 20 heavy (non-hydrogen) atoms. The molecule has 0 aliphatic carbocycles. The second-order valence-electron chi connectivity index (χ2n) is 4.69. The molecule has 1 N–H and O–H groups in total. The van der Waals surface area contributed by atoms with Crippen LogP contribution in [0.1, 0.15) is 18.5 Å². The van der Waals surface area contributed by atoms with Crippen LogP contribution in [0.4, 0.5) is 0 Å². The number of nitrogens with one attached hydrogen (secondary N) is 1. The maximum Gasteiger partial charge on any atom is 0.178 e. The predicted molar refractivity (Wildman–Crippen MR) is 97.8 cm³/mol. The maximum absolute atomic E-state index is 5.49. The highest BCUT2D eigenvalue weighted by atomic mass is 127. The van der Waals surface area contributed by atoms with Crippen molar-refractivity contribution in [2.75, 3.05) is 0 Å². The summed E-state index contributed by atoms with van der Waals surface area (Å²) in [5.74, 6) is 0. The van der Waals surface area contributed by atoms with E-state index in [1.807, 2.05) is 0 Å². The molecule has 1 aromatic heterocycles. The first-order chi connectivity index (χ1) is 9.56. The molecule has 3 rings (SSSR count). The third-order valence-corrected chi connectivity index (χ3v) is 4.92. The van der Waals surface area contributed by atoms with Gasteiger partial charge in [0.05, 0.1) is 17.1 Å². The Hall–Kier alpha value is -0.660. The fourth-order valence-electron chi connectivity index (χ4n) is 2.38. The summed E-state index contributed by atoms with van der Waals surface area (Å²) in [4.78, 5) is 3.29. The number of imidazole rings is 1. The number of aromatic amines is 1. The summed E-state index contributed by atoms with van der Waals surface area (Å²) in [6.07, 6.45) is 0. The van der Waals surface area contributed by atoms with Gasteiger partial charge in [-0.15, -0.1) is 0 Å². The smallest absolute Gasteiger partial charge is 0.178 e. The van der Waals surface area contributed by atoms with Gasteiger partial charge in [0.1, 0.15) is 0 Å². The third-order valence-electron chi connectivity index (χ3n) is 3.42. The van der Waals surface area contributed by atoms with Crippen LogP contribution in [0.2, 0.25) is 0 Å². The summed E-state index contributed by atoms with van der Waals surface area (Å²) < 4.78 is 5.22. The van der Waals surface area contributed by atoms with E-state index in [9.17, 15) is 0 Å². The number of benzene rings is 2. The number of hydrogen-bond donors (Lipinski definition) is 1. The van der Waals surface area contributed by atoms with E-state index in [0.717, 1.165) is 20.3 Å². The number of rotatable bonds is 2. The number of fused-ring (bicyclic) bond motifs is 1. The van der Waals surface area contributed by atoms with Crippen molar-refractivity contribution in [1.82, 2.24) is 9.55 Å². The lowest BCUT2D eigenvalue weighted by molar-refractivity contribution is 0.649. The van der Waals surface area contributed by atoms with E-state index in [1.54, 1.807) is 0 Å². The highest BCUT2D eigenvalue weighted by Crippen LogP contribution is 2.26. The Labute approximate surface area is 144 Å². The van der Waals surface area contributed by atoms with E-state index < -0.39 is 0 Å². The second kappa shape index (κ2) is 5.61. The Morgan fingerprint density at radius 3 is 2.60 bits per heavy atom. The average Bonchev–Trinajstić information content (AvgIpc) is 2.73. The van der Waals surface area contributed by atoms with Gasteiger partial charge in [0.25, 0.3) is 0 Å². The molecule has 0 saturated carbocycles. The fraction of sp³-hybridized carbons (Fsp3) is 0.133. The molecule has 0 spiro atoms. The molecule has 1 atom stereocenters. The zero-order valence-electron chi connectivity index (χ0n) is 10.7. The lowest BCUT2D eigenvalue weighted by atomic mass is 10.1. The minimum absolute atomic E-state index is 0.199. The van der Waals surface area contributed by atoms with E-state index in [0.29, 0.717) is 0 Å². The zero-order chi connectivity index (χ0) is 14.3. The van der Waals surface area contributed by atoms with Crippen molar-refractivity contribution in [3.63, 3.8) is 0 Å². The third kappa shape index (κ3) is 2.58. The van der Waals surface area contributed by atoms with Crippen LogP contribution in [0.5, 0.6) is 0 Å². The molecule has 0 amide bonds. The lowest BCUT2D eigenvalue weighted by Crippen LogP contribution is -2.06. The molecule has 1 heterocycles. The number of hydrogen-bond acceptors (Lipinski definition) is 1. The summed E-state index contributed by atoms with van der Waals surface area (Å²) in [5, 5.41) is 0. The molecule has 2 aromatic carbocycles. The highest BCUT2D eigenvalue weighted by molar-refractivity contribution is 14.1. The van der Waals surface area contributed by atoms with Gasteiger partial charge in [-0.3, -0.25) is 0 Å². The zero-order valence-corrected chi connectivity index (χ0v) is 15.3. The van der Waals surface area contributed by atoms with Crippen molar-refractivity contribution in [1.29, 1.82) is 0 Å². The Balaban J connectivity index is 2.16. The van der Waals surface area contributed by atoms with Crippen LogP contribution in [0.3, 0.4) is 0 Å². The predicted octanol–water partition coefficient (Wildman–Crippen LogP) is 5.68. The van der Waals surface area contributed by atoms with E-state index in [2.05, 4.69) is 97.5 Å². The molecular formula is C15H12BrIN2S. The number of halogens is 2. The summed E-state index contributed by atoms with van der Waals surface area (Å²) in [6.45, 7) is 2.17. The van der Waals surface area contributed by atoms with Gasteiger partial charge in [-0.2, -0.15) is 0 Å². The molecule has 0 aliphatic heterocycles. The van der Waals surface area contributed by atoms with Gasteiger partial charge < -0.3 is 9.55 Å². The van der Waals surface area contributed by atoms with Crippen LogP contribution in [0.25, 0.3) is 11.0 Å². The summed E-state index contributed by atoms with van der Waals surface area (Å²) >= 11 is 11.3. The molecule has 0 bridgehead atoms. The van der Waals surface area contributed by atoms with Crippen LogP contribution in [0, 0.1) is 8.34 Å². The normalized spacial score (nSPS) is 12.8. The van der Waals surface area contributed by atoms with E-state index in [1.165, 1.54) is 9.13 Å². The van der Waals surface area contributed by atoms with Crippen molar-refractivity contribution in [3.05, 3.63) is 60.8 Å². The Bertz CT molecular complexity index is 820. The van der Waals surface area contributed by atoms with Crippen LogP contribution in [0.15, 0.2) is 46.9 Å². The van der Waals surface area contributed by atoms with Crippen molar-refractivity contribution in [2.45, 2.75) is 13.0 Å². The fourth-order valence-corrected chi connectivity index (χ4v) is 3.50. The topological polar surface area (TPSA) is 20.7 Å². The molecule has 1 unspecified atom stereocenters. The first kappa shape index (κ1) is 14.3. The minimum atomic E-state index is 0.199. The van der Waals surface area contributed by atoms with E-state index >= 15 is 0 Å². The summed E-state index contributed by atoms with van der Waals surface area (Å²) in [7, 11) is 0. The SMILES string of the molecule is CC(c1ccc(Br)cc1)n1c(=S)[nH]c2cc(I)ccc21. The van der Waals surface area contributed by atoms with Gasteiger partial charge in [-0.05, 0) is 77.6 Å². The molecule has 0 fully saturated rings. The Morgan fingerprint density at radius 1 is 1.20 bits per heavy atom. The van der Waals surface area contributed by atoms with Crippen LogP contribution in [-0.2, 0) is 0 Å². The van der Waals surface area contributed by atoms with Gasteiger partial charge >= 0.3 is 0 Å². The quantitative estimate of drug-likeness (QED) is 0.387. The minimum Gasteiger partial charge on any atom is -0.331 e. The summed E-state index contributed by atoms with van der Waals surface area (Å²) in [6, 6.07) is 14.9. The average molecular weight is 459 g/mol. The number of H-pyrrole nitrogens is 1. The van der Waals surface area contributed by atoms with Crippen LogP contribution >= 0.6 is 50.7 Å². The van der Waals surface area contributed by atoms with Gasteiger partial charge in [0, 0.05) is 8.04 Å². The van der Waals surface area contributed by atoms with Crippen molar-refractivity contribution in [2.24, 2.45) is 0 Å². The molecule has 0 saturated heterocycles. The second-order valence-corrected chi connectivity index (χ2v) is 7.24. The van der Waals surface area contributed by atoms with Gasteiger partial charge in [0.2, 0.25) is 0 Å². The van der Waals surface area contributed by atoms with Gasteiger partial charge in [-0.1, -0.05) is 28.1 Å². The molecule has 102 valence electrons. The standard InChI is InChI=1S/C15H12BrIN2S/c1-9(10-2-4-11(16)5-3-10)19-14-7-6-12(17)8-13(14)18-15(19)20/h2-9H,1H3,(H,18,20). The van der Waals surface area contributed by atoms with Gasteiger partial charge in [0.15, 0.2) is 4.77 Å². The molecule has 5 heteroatoms. The van der Waals surface area contributed by atoms with Gasteiger partial charge in [-0.25, -0.2) is 0 Å². The molecule has 3 aromatic rings. The van der Waals surface area contributed by atoms with E-state index in [-0.39, 0.29) is 6.04 Å². The molecule has 0 aliphatic rings. The van der Waals surface area contributed by atoms with Crippen molar-refractivity contribution >= 4 is 61.8 Å². The van der Waals surface area contributed by atoms with Crippen molar-refractivity contribution < 1.29 is 0 Å². The van der Waals surface area contributed by atoms with Crippen LogP contribution < -0.4 is 0 Å².